The number of aromatic nitrogens is 1. The highest BCUT2D eigenvalue weighted by molar-refractivity contribution is 5.29. The Kier molecular flexibility index (Phi) is 2.88. The van der Waals surface area contributed by atoms with Crippen molar-refractivity contribution in [2.45, 2.75) is 13.0 Å². The molecular weight excluding hydrogens is 202 g/mol. The summed E-state index contributed by atoms with van der Waals surface area (Å²) in [5.41, 5.74) is 1.99. The predicted molar refractivity (Wildman–Crippen MR) is 62.3 cm³/mol. The van der Waals surface area contributed by atoms with Crippen LogP contribution in [0.15, 0.2) is 47.4 Å². The van der Waals surface area contributed by atoms with Gasteiger partial charge < -0.3 is 10.1 Å². The number of nitrogens with one attached hydrogen (secondary N) is 1. The van der Waals surface area contributed by atoms with Crippen LogP contribution in [0.2, 0.25) is 0 Å². The third-order valence-electron chi connectivity index (χ3n) is 2.54. The standard InChI is InChI=1S/C13H13NO2/c1-9-7-11(8-14-13(9)16)12(15)10-5-3-2-4-6-10/h2-8,12,15H,1H3,(H,14,16)/t12-/m0/s1. The Balaban J connectivity index is 2.38. The van der Waals surface area contributed by atoms with E-state index in [1.807, 2.05) is 30.3 Å². The SMILES string of the molecule is Cc1cc([C@@H](O)c2ccccc2)c[nH]c1=O. The average Bonchev–Trinajstić information content (AvgIpc) is 2.33. The number of aromatic amines is 1. The Morgan fingerprint density at radius 3 is 2.50 bits per heavy atom. The maximum atomic E-state index is 11.2. The molecule has 0 aliphatic rings. The molecule has 3 heteroatoms. The lowest BCUT2D eigenvalue weighted by Gasteiger charge is -2.11. The first-order valence-electron chi connectivity index (χ1n) is 5.11. The highest BCUT2D eigenvalue weighted by atomic mass is 16.3. The molecule has 2 rings (SSSR count). The van der Waals surface area contributed by atoms with Crippen molar-refractivity contribution >= 4 is 0 Å². The van der Waals surface area contributed by atoms with E-state index in [0.29, 0.717) is 11.1 Å². The van der Waals surface area contributed by atoms with Crippen molar-refractivity contribution in [1.82, 2.24) is 4.98 Å². The van der Waals surface area contributed by atoms with Crippen molar-refractivity contribution in [1.29, 1.82) is 0 Å². The van der Waals surface area contributed by atoms with Gasteiger partial charge in [-0.3, -0.25) is 4.79 Å². The zero-order chi connectivity index (χ0) is 11.5. The summed E-state index contributed by atoms with van der Waals surface area (Å²) in [7, 11) is 0. The fourth-order valence-corrected chi connectivity index (χ4v) is 1.61. The molecule has 0 fully saturated rings. The van der Waals surface area contributed by atoms with Crippen LogP contribution in [0.5, 0.6) is 0 Å². The molecule has 0 saturated heterocycles. The molecule has 0 radical (unpaired) electrons. The van der Waals surface area contributed by atoms with Gasteiger partial charge in [0.05, 0.1) is 0 Å². The van der Waals surface area contributed by atoms with Gasteiger partial charge in [-0.1, -0.05) is 30.3 Å². The summed E-state index contributed by atoms with van der Waals surface area (Å²) >= 11 is 0. The maximum absolute atomic E-state index is 11.2. The van der Waals surface area contributed by atoms with Crippen LogP contribution in [0.3, 0.4) is 0 Å². The minimum Gasteiger partial charge on any atom is -0.384 e. The van der Waals surface area contributed by atoms with Crippen molar-refractivity contribution < 1.29 is 5.11 Å². The molecule has 82 valence electrons. The first-order valence-corrected chi connectivity index (χ1v) is 5.11. The van der Waals surface area contributed by atoms with Crippen molar-refractivity contribution in [2.75, 3.05) is 0 Å². The van der Waals surface area contributed by atoms with Gasteiger partial charge in [-0.25, -0.2) is 0 Å². The Bertz CT molecular complexity index is 531. The highest BCUT2D eigenvalue weighted by Crippen LogP contribution is 2.20. The smallest absolute Gasteiger partial charge is 0.250 e. The molecule has 0 unspecified atom stereocenters. The maximum Gasteiger partial charge on any atom is 0.250 e. The molecule has 1 atom stereocenters. The average molecular weight is 215 g/mol. The van der Waals surface area contributed by atoms with Crippen LogP contribution in [0.25, 0.3) is 0 Å². The van der Waals surface area contributed by atoms with Crippen LogP contribution in [-0.4, -0.2) is 10.1 Å². The van der Waals surface area contributed by atoms with Gasteiger partial charge in [0.1, 0.15) is 6.10 Å². The van der Waals surface area contributed by atoms with E-state index in [2.05, 4.69) is 4.98 Å². The lowest BCUT2D eigenvalue weighted by Crippen LogP contribution is -2.11. The summed E-state index contributed by atoms with van der Waals surface area (Å²) < 4.78 is 0. The molecule has 0 saturated carbocycles. The van der Waals surface area contributed by atoms with Crippen LogP contribution in [-0.2, 0) is 0 Å². The Morgan fingerprint density at radius 2 is 1.88 bits per heavy atom. The molecule has 2 aromatic rings. The van der Waals surface area contributed by atoms with Gasteiger partial charge in [-0.15, -0.1) is 0 Å². The molecule has 1 heterocycles. The van der Waals surface area contributed by atoms with E-state index in [1.54, 1.807) is 19.2 Å². The fraction of sp³-hybridized carbons (Fsp3) is 0.154. The first kappa shape index (κ1) is 10.6. The molecule has 16 heavy (non-hydrogen) atoms. The summed E-state index contributed by atoms with van der Waals surface area (Å²) in [5.74, 6) is 0. The quantitative estimate of drug-likeness (QED) is 0.802. The van der Waals surface area contributed by atoms with Gasteiger partial charge in [0.2, 0.25) is 0 Å². The van der Waals surface area contributed by atoms with E-state index >= 15 is 0 Å². The van der Waals surface area contributed by atoms with Crippen LogP contribution >= 0.6 is 0 Å². The van der Waals surface area contributed by atoms with Crippen LogP contribution < -0.4 is 5.56 Å². The summed E-state index contributed by atoms with van der Waals surface area (Å²) in [6.07, 6.45) is 0.851. The zero-order valence-corrected chi connectivity index (χ0v) is 8.97. The number of hydrogen-bond acceptors (Lipinski definition) is 2. The Morgan fingerprint density at radius 1 is 1.19 bits per heavy atom. The number of aryl methyl sites for hydroxylation is 1. The van der Waals surface area contributed by atoms with E-state index in [0.717, 1.165) is 5.56 Å². The second kappa shape index (κ2) is 4.33. The molecular formula is C13H13NO2. The molecule has 0 amide bonds. The molecule has 0 aliphatic carbocycles. The van der Waals surface area contributed by atoms with E-state index in [-0.39, 0.29) is 5.56 Å². The molecule has 0 spiro atoms. The fourth-order valence-electron chi connectivity index (χ4n) is 1.61. The van der Waals surface area contributed by atoms with E-state index < -0.39 is 6.10 Å². The lowest BCUT2D eigenvalue weighted by atomic mass is 10.0. The summed E-state index contributed by atoms with van der Waals surface area (Å²) in [6, 6.07) is 11.1. The van der Waals surface area contributed by atoms with E-state index in [1.165, 1.54) is 0 Å². The number of aliphatic hydroxyl groups is 1. The van der Waals surface area contributed by atoms with Gasteiger partial charge in [-0.05, 0) is 18.6 Å². The van der Waals surface area contributed by atoms with E-state index in [9.17, 15) is 9.90 Å². The van der Waals surface area contributed by atoms with Crippen molar-refractivity contribution in [3.63, 3.8) is 0 Å². The third-order valence-corrected chi connectivity index (χ3v) is 2.54. The molecule has 3 nitrogen and oxygen atoms in total. The normalized spacial score (nSPS) is 12.4. The van der Waals surface area contributed by atoms with Crippen LogP contribution in [0.4, 0.5) is 0 Å². The second-order valence-corrected chi connectivity index (χ2v) is 3.76. The topological polar surface area (TPSA) is 53.1 Å². The number of pyridine rings is 1. The molecule has 0 aliphatic heterocycles. The van der Waals surface area contributed by atoms with Crippen LogP contribution in [0, 0.1) is 6.92 Å². The summed E-state index contributed by atoms with van der Waals surface area (Å²) in [4.78, 5) is 13.8. The number of H-pyrrole nitrogens is 1. The Labute approximate surface area is 93.4 Å². The molecule has 2 N–H and O–H groups in total. The largest absolute Gasteiger partial charge is 0.384 e. The van der Waals surface area contributed by atoms with Crippen molar-refractivity contribution in [2.24, 2.45) is 0 Å². The molecule has 1 aromatic heterocycles. The molecule has 1 aromatic carbocycles. The lowest BCUT2D eigenvalue weighted by molar-refractivity contribution is 0.219. The van der Waals surface area contributed by atoms with Crippen molar-refractivity contribution in [3.8, 4) is 0 Å². The molecule has 0 bridgehead atoms. The number of benzene rings is 1. The van der Waals surface area contributed by atoms with Gasteiger partial charge in [0.25, 0.3) is 5.56 Å². The zero-order valence-electron chi connectivity index (χ0n) is 8.97. The minimum absolute atomic E-state index is 0.121. The summed E-state index contributed by atoms with van der Waals surface area (Å²) in [5, 5.41) is 10.1. The number of hydrogen-bond donors (Lipinski definition) is 2. The highest BCUT2D eigenvalue weighted by Gasteiger charge is 2.10. The monoisotopic (exact) mass is 215 g/mol. The van der Waals surface area contributed by atoms with Gasteiger partial charge in [0.15, 0.2) is 0 Å². The van der Waals surface area contributed by atoms with Gasteiger partial charge in [-0.2, -0.15) is 0 Å². The van der Waals surface area contributed by atoms with Gasteiger partial charge in [0, 0.05) is 17.3 Å². The number of rotatable bonds is 2. The third kappa shape index (κ3) is 2.04. The number of aliphatic hydroxyl groups excluding tert-OH is 1. The Hall–Kier alpha value is -1.87. The van der Waals surface area contributed by atoms with Gasteiger partial charge >= 0.3 is 0 Å². The summed E-state index contributed by atoms with van der Waals surface area (Å²) in [6.45, 7) is 1.72. The first-order chi connectivity index (χ1) is 7.68. The predicted octanol–water partition coefficient (Wildman–Crippen LogP) is 1.77. The van der Waals surface area contributed by atoms with Crippen LogP contribution in [0.1, 0.15) is 22.8 Å². The van der Waals surface area contributed by atoms with E-state index in [4.69, 9.17) is 0 Å². The second-order valence-electron chi connectivity index (χ2n) is 3.76. The minimum atomic E-state index is -0.697. The van der Waals surface area contributed by atoms with Crippen molar-refractivity contribution in [3.05, 3.63) is 69.6 Å².